The van der Waals surface area contributed by atoms with Gasteiger partial charge >= 0.3 is 0 Å². The third-order valence-electron chi connectivity index (χ3n) is 8.06. The number of rotatable bonds is 13. The molecule has 222 valence electrons. The van der Waals surface area contributed by atoms with Crippen molar-refractivity contribution in [2.24, 2.45) is 10.9 Å². The second-order valence-electron chi connectivity index (χ2n) is 11.1. The molecule has 3 aromatic carbocycles. The van der Waals surface area contributed by atoms with Crippen molar-refractivity contribution in [2.45, 2.75) is 56.6 Å². The molecule has 3 aromatic rings. The van der Waals surface area contributed by atoms with Crippen LogP contribution in [0.4, 0.5) is 0 Å². The smallest absolute Gasteiger partial charge is 0.266 e. The highest BCUT2D eigenvalue weighted by molar-refractivity contribution is 6.01. The summed E-state index contributed by atoms with van der Waals surface area (Å²) >= 11 is 0. The molecule has 0 bridgehead atoms. The first kappa shape index (κ1) is 29.6. The van der Waals surface area contributed by atoms with Gasteiger partial charge in [-0.1, -0.05) is 61.7 Å². The van der Waals surface area contributed by atoms with Gasteiger partial charge in [0.2, 0.25) is 5.90 Å². The van der Waals surface area contributed by atoms with Crippen LogP contribution in [0.5, 0.6) is 11.5 Å². The maximum atomic E-state index is 14.3. The van der Waals surface area contributed by atoms with E-state index in [4.69, 9.17) is 24.3 Å². The number of benzene rings is 3. The van der Waals surface area contributed by atoms with E-state index in [1.807, 2.05) is 78.9 Å². The molecule has 0 saturated heterocycles. The summed E-state index contributed by atoms with van der Waals surface area (Å²) in [4.78, 5) is 19.4. The van der Waals surface area contributed by atoms with E-state index in [-0.39, 0.29) is 12.5 Å². The number of carbonyl (C=O) groups is 1. The second-order valence-corrected chi connectivity index (χ2v) is 11.1. The zero-order valence-corrected chi connectivity index (χ0v) is 24.3. The molecule has 1 saturated carbocycles. The summed E-state index contributed by atoms with van der Waals surface area (Å²) in [6, 6.07) is 25.0. The molecular weight excluding hydrogens is 530 g/mol. The average molecular weight is 572 g/mol. The van der Waals surface area contributed by atoms with Crippen LogP contribution in [-0.2, 0) is 16.0 Å². The van der Waals surface area contributed by atoms with Crippen molar-refractivity contribution in [3.8, 4) is 11.5 Å². The quantitative estimate of drug-likeness (QED) is 0.194. The number of hydrogen-bond donors (Lipinski definition) is 3. The third-order valence-corrected chi connectivity index (χ3v) is 8.06. The van der Waals surface area contributed by atoms with Crippen LogP contribution in [-0.4, -0.2) is 49.3 Å². The van der Waals surface area contributed by atoms with Crippen LogP contribution in [0, 0.1) is 5.92 Å². The van der Waals surface area contributed by atoms with E-state index in [2.05, 4.69) is 10.9 Å². The number of ether oxygens (including phenoxy) is 3. The lowest BCUT2D eigenvalue weighted by molar-refractivity contribution is -0.130. The van der Waals surface area contributed by atoms with E-state index in [1.165, 1.54) is 32.1 Å². The summed E-state index contributed by atoms with van der Waals surface area (Å²) in [7, 11) is 1.62. The molecular formula is C34H41N3O5. The minimum absolute atomic E-state index is 0.0788. The first-order chi connectivity index (χ1) is 20.6. The van der Waals surface area contributed by atoms with Crippen LogP contribution in [0.25, 0.3) is 0 Å². The fourth-order valence-electron chi connectivity index (χ4n) is 5.77. The maximum Gasteiger partial charge on any atom is 0.266 e. The van der Waals surface area contributed by atoms with E-state index >= 15 is 0 Å². The molecule has 1 amide bonds. The van der Waals surface area contributed by atoms with Crippen molar-refractivity contribution in [1.29, 1.82) is 0 Å². The molecule has 3 N–H and O–H groups in total. The zero-order valence-electron chi connectivity index (χ0n) is 24.3. The van der Waals surface area contributed by atoms with Gasteiger partial charge in [-0.25, -0.2) is 10.4 Å². The van der Waals surface area contributed by atoms with Crippen LogP contribution in [0.1, 0.15) is 61.3 Å². The number of hydrazine groups is 1. The number of nitrogens with zero attached hydrogens (tertiary/aromatic N) is 1. The van der Waals surface area contributed by atoms with Crippen molar-refractivity contribution in [3.63, 3.8) is 0 Å². The Kier molecular flexibility index (Phi) is 10.1. The van der Waals surface area contributed by atoms with Gasteiger partial charge in [0.25, 0.3) is 5.91 Å². The van der Waals surface area contributed by atoms with Gasteiger partial charge in [0.15, 0.2) is 11.6 Å². The second kappa shape index (κ2) is 14.3. The minimum atomic E-state index is -1.28. The Morgan fingerprint density at radius 1 is 1.00 bits per heavy atom. The summed E-state index contributed by atoms with van der Waals surface area (Å²) < 4.78 is 17.8. The Morgan fingerprint density at radius 2 is 1.79 bits per heavy atom. The average Bonchev–Trinajstić information content (AvgIpc) is 3.43. The van der Waals surface area contributed by atoms with Crippen LogP contribution in [0.15, 0.2) is 83.9 Å². The number of methoxy groups -OCH3 is 1. The summed E-state index contributed by atoms with van der Waals surface area (Å²) in [5.74, 6) is 2.07. The fourth-order valence-corrected chi connectivity index (χ4v) is 5.77. The molecule has 1 aliphatic heterocycles. The Morgan fingerprint density at radius 3 is 2.52 bits per heavy atom. The number of carbonyl (C=O) groups excluding carboxylic acids is 1. The van der Waals surface area contributed by atoms with Crippen molar-refractivity contribution in [2.75, 3.05) is 26.9 Å². The number of aliphatic hydroxyl groups excluding tert-OH is 1. The number of aliphatic hydroxyl groups is 1. The van der Waals surface area contributed by atoms with Gasteiger partial charge < -0.3 is 19.3 Å². The van der Waals surface area contributed by atoms with Gasteiger partial charge in [0.05, 0.1) is 13.7 Å². The molecule has 0 unspecified atom stereocenters. The SMILES string of the molecule is COc1cccc([C@@H]2OC(c3ccc(OCCCO)cc3)=N[C@]2(Cc2ccccc2)C(=O)NNCC2CCCCC2)c1. The van der Waals surface area contributed by atoms with E-state index in [0.29, 0.717) is 42.8 Å². The van der Waals surface area contributed by atoms with Crippen molar-refractivity contribution < 1.29 is 24.1 Å². The number of aliphatic imine (C=N–C) groups is 1. The van der Waals surface area contributed by atoms with Gasteiger partial charge in [-0.15, -0.1) is 0 Å². The van der Waals surface area contributed by atoms with Crippen LogP contribution < -0.4 is 20.3 Å². The van der Waals surface area contributed by atoms with Crippen LogP contribution in [0.3, 0.4) is 0 Å². The Labute approximate surface area is 248 Å². The molecule has 8 heteroatoms. The van der Waals surface area contributed by atoms with Crippen LogP contribution >= 0.6 is 0 Å². The molecule has 0 spiro atoms. The number of hydrogen-bond acceptors (Lipinski definition) is 7. The summed E-state index contributed by atoms with van der Waals surface area (Å²) in [6.07, 6.45) is 6.33. The molecule has 1 fully saturated rings. The summed E-state index contributed by atoms with van der Waals surface area (Å²) in [6.45, 7) is 1.24. The lowest BCUT2D eigenvalue weighted by Crippen LogP contribution is -2.54. The normalized spacial score (nSPS) is 20.4. The number of amides is 1. The minimum Gasteiger partial charge on any atom is -0.497 e. The molecule has 0 radical (unpaired) electrons. The molecule has 42 heavy (non-hydrogen) atoms. The number of nitrogens with one attached hydrogen (secondary N) is 2. The Balaban J connectivity index is 1.49. The van der Waals surface area contributed by atoms with Crippen molar-refractivity contribution in [3.05, 3.63) is 95.6 Å². The predicted molar refractivity (Wildman–Crippen MR) is 163 cm³/mol. The third kappa shape index (κ3) is 7.12. The molecule has 1 heterocycles. The Hall–Kier alpha value is -3.88. The van der Waals surface area contributed by atoms with Gasteiger partial charge in [0.1, 0.15) is 11.5 Å². The lowest BCUT2D eigenvalue weighted by atomic mass is 9.82. The first-order valence-electron chi connectivity index (χ1n) is 14.9. The summed E-state index contributed by atoms with van der Waals surface area (Å²) in [5.41, 5.74) is 7.51. The highest BCUT2D eigenvalue weighted by Crippen LogP contribution is 2.43. The lowest BCUT2D eigenvalue weighted by Gasteiger charge is -2.31. The highest BCUT2D eigenvalue weighted by Gasteiger charge is 2.53. The van der Waals surface area contributed by atoms with Gasteiger partial charge in [-0.3, -0.25) is 10.2 Å². The van der Waals surface area contributed by atoms with Gasteiger partial charge in [-0.05, 0) is 66.3 Å². The standard InChI is InChI=1S/C34H41N3O5/c1-40-30-15-8-14-28(22-30)31-34(23-25-10-4-2-5-11-25,33(39)37-35-24-26-12-6-3-7-13-26)36-32(42-31)27-16-18-29(19-17-27)41-21-9-20-38/h2,4-5,8,10-11,14-19,22,26,31,35,38H,3,6-7,9,12-13,20-21,23-24H2,1H3,(H,37,39)/t31-,34-/m0/s1. The molecule has 1 aliphatic carbocycles. The van der Waals surface area contributed by atoms with Gasteiger partial charge in [-0.2, -0.15) is 0 Å². The molecule has 0 aromatic heterocycles. The molecule has 2 aliphatic rings. The first-order valence-corrected chi connectivity index (χ1v) is 14.9. The van der Waals surface area contributed by atoms with E-state index in [1.54, 1.807) is 7.11 Å². The highest BCUT2D eigenvalue weighted by atomic mass is 16.5. The van der Waals surface area contributed by atoms with Crippen LogP contribution in [0.2, 0.25) is 0 Å². The largest absolute Gasteiger partial charge is 0.497 e. The van der Waals surface area contributed by atoms with Crippen molar-refractivity contribution >= 4 is 11.8 Å². The van der Waals surface area contributed by atoms with E-state index < -0.39 is 11.6 Å². The van der Waals surface area contributed by atoms with Gasteiger partial charge in [0, 0.05) is 31.6 Å². The molecule has 8 nitrogen and oxygen atoms in total. The van der Waals surface area contributed by atoms with E-state index in [9.17, 15) is 4.79 Å². The Bertz CT molecular complexity index is 1320. The monoisotopic (exact) mass is 571 g/mol. The fraction of sp³-hybridized carbons (Fsp3) is 0.412. The maximum absolute atomic E-state index is 14.3. The van der Waals surface area contributed by atoms with E-state index in [0.717, 1.165) is 23.2 Å². The topological polar surface area (TPSA) is 101 Å². The molecule has 2 atom stereocenters. The van der Waals surface area contributed by atoms with Crippen molar-refractivity contribution in [1.82, 2.24) is 10.9 Å². The summed E-state index contributed by atoms with van der Waals surface area (Å²) in [5, 5.41) is 9.05. The predicted octanol–water partition coefficient (Wildman–Crippen LogP) is 5.16. The zero-order chi connectivity index (χ0) is 29.2. The molecule has 5 rings (SSSR count).